The van der Waals surface area contributed by atoms with Crippen molar-refractivity contribution < 1.29 is 0 Å². The fraction of sp³-hybridized carbons (Fsp3) is 0.333. The van der Waals surface area contributed by atoms with Gasteiger partial charge < -0.3 is 5.73 Å². The van der Waals surface area contributed by atoms with Crippen LogP contribution in [0.4, 0.5) is 0 Å². The van der Waals surface area contributed by atoms with Gasteiger partial charge in [0.25, 0.3) is 0 Å². The number of hydrogen-bond donors (Lipinski definition) is 1. The molecule has 0 aliphatic heterocycles. The average Bonchev–Trinajstić information content (AvgIpc) is 1.68. The summed E-state index contributed by atoms with van der Waals surface area (Å²) in [6, 6.07) is 0. The average molecular weight is 97.2 g/mol. The van der Waals surface area contributed by atoms with E-state index in [0.717, 1.165) is 0 Å². The maximum absolute atomic E-state index is 5.48. The molecule has 0 amide bonds. The molecule has 0 unspecified atom stereocenters. The Bertz CT molecular complexity index is 72.2. The number of nitrogens with two attached hydrogens (primary N) is 1. The second-order valence-electron chi connectivity index (χ2n) is 1.77. The summed E-state index contributed by atoms with van der Waals surface area (Å²) in [5.74, 6) is 0. The largest absolute Gasteiger partial charge is 0.319 e. The van der Waals surface area contributed by atoms with Gasteiger partial charge in [-0.1, -0.05) is 12.2 Å². The minimum Gasteiger partial charge on any atom is -0.319 e. The molecule has 0 aliphatic carbocycles. The van der Waals surface area contributed by atoms with E-state index in [0.29, 0.717) is 0 Å². The summed E-state index contributed by atoms with van der Waals surface area (Å²) in [6.07, 6.45) is 3.31. The van der Waals surface area contributed by atoms with Gasteiger partial charge in [-0.15, -0.1) is 13.2 Å². The SMILES string of the molecule is C=CC(C)(N)C=C. The molecule has 0 aromatic carbocycles. The van der Waals surface area contributed by atoms with Gasteiger partial charge in [-0.05, 0) is 6.92 Å². The van der Waals surface area contributed by atoms with Crippen LogP contribution in [0.2, 0.25) is 0 Å². The molecule has 0 saturated heterocycles. The first-order chi connectivity index (χ1) is 3.12. The van der Waals surface area contributed by atoms with Crippen LogP contribution in [0.3, 0.4) is 0 Å². The second-order valence-corrected chi connectivity index (χ2v) is 1.77. The second kappa shape index (κ2) is 1.94. The third-order valence-electron chi connectivity index (χ3n) is 0.880. The Morgan fingerprint density at radius 2 is 1.71 bits per heavy atom. The molecule has 0 rings (SSSR count). The van der Waals surface area contributed by atoms with E-state index in [1.807, 2.05) is 6.92 Å². The lowest BCUT2D eigenvalue weighted by molar-refractivity contribution is 0.739. The molecule has 0 aromatic heterocycles. The number of hydrogen-bond acceptors (Lipinski definition) is 1. The zero-order valence-electron chi connectivity index (χ0n) is 4.65. The Labute approximate surface area is 44.5 Å². The van der Waals surface area contributed by atoms with Crippen LogP contribution in [-0.2, 0) is 0 Å². The Balaban J connectivity index is 3.82. The van der Waals surface area contributed by atoms with Crippen molar-refractivity contribution in [2.24, 2.45) is 5.73 Å². The standard InChI is InChI=1S/C6H11N/c1-4-6(3,7)5-2/h4-5H,1-2,7H2,3H3. The topological polar surface area (TPSA) is 26.0 Å². The zero-order valence-corrected chi connectivity index (χ0v) is 4.65. The van der Waals surface area contributed by atoms with E-state index in [4.69, 9.17) is 5.73 Å². The van der Waals surface area contributed by atoms with Crippen LogP contribution in [-0.4, -0.2) is 5.54 Å². The first kappa shape index (κ1) is 6.44. The lowest BCUT2D eigenvalue weighted by Gasteiger charge is -2.11. The summed E-state index contributed by atoms with van der Waals surface area (Å²) >= 11 is 0. The maximum atomic E-state index is 5.48. The van der Waals surface area contributed by atoms with Gasteiger partial charge in [0.15, 0.2) is 0 Å². The molecule has 0 saturated carbocycles. The zero-order chi connectivity index (χ0) is 5.91. The molecule has 2 N–H and O–H groups in total. The molecule has 0 heterocycles. The van der Waals surface area contributed by atoms with Crippen LogP contribution >= 0.6 is 0 Å². The van der Waals surface area contributed by atoms with Crippen LogP contribution in [0.15, 0.2) is 25.3 Å². The summed E-state index contributed by atoms with van der Waals surface area (Å²) in [5, 5.41) is 0. The Morgan fingerprint density at radius 1 is 1.43 bits per heavy atom. The highest BCUT2D eigenvalue weighted by Gasteiger charge is 2.03. The minimum atomic E-state index is -0.389. The van der Waals surface area contributed by atoms with Crippen molar-refractivity contribution >= 4 is 0 Å². The van der Waals surface area contributed by atoms with Gasteiger partial charge in [-0.3, -0.25) is 0 Å². The number of rotatable bonds is 2. The van der Waals surface area contributed by atoms with Crippen LogP contribution in [0.5, 0.6) is 0 Å². The van der Waals surface area contributed by atoms with E-state index in [2.05, 4.69) is 13.2 Å². The summed E-state index contributed by atoms with van der Waals surface area (Å²) in [5.41, 5.74) is 5.09. The third kappa shape index (κ3) is 2.18. The molecular weight excluding hydrogens is 86.1 g/mol. The fourth-order valence-corrected chi connectivity index (χ4v) is 0.0833. The van der Waals surface area contributed by atoms with Crippen molar-refractivity contribution in [1.82, 2.24) is 0 Å². The molecule has 1 heteroatoms. The van der Waals surface area contributed by atoms with Gasteiger partial charge in [-0.25, -0.2) is 0 Å². The molecule has 40 valence electrons. The van der Waals surface area contributed by atoms with Gasteiger partial charge in [0, 0.05) is 5.54 Å². The summed E-state index contributed by atoms with van der Waals surface area (Å²) in [6.45, 7) is 8.85. The smallest absolute Gasteiger partial charge is 0.0491 e. The molecule has 0 atom stereocenters. The van der Waals surface area contributed by atoms with Gasteiger partial charge in [0.2, 0.25) is 0 Å². The third-order valence-corrected chi connectivity index (χ3v) is 0.880. The van der Waals surface area contributed by atoms with Crippen molar-refractivity contribution in [3.05, 3.63) is 25.3 Å². The summed E-state index contributed by atoms with van der Waals surface area (Å²) in [7, 11) is 0. The van der Waals surface area contributed by atoms with Crippen LogP contribution in [0.1, 0.15) is 6.92 Å². The van der Waals surface area contributed by atoms with E-state index < -0.39 is 0 Å². The van der Waals surface area contributed by atoms with Crippen LogP contribution in [0.25, 0.3) is 0 Å². The predicted molar refractivity (Wildman–Crippen MR) is 33.0 cm³/mol. The first-order valence-electron chi connectivity index (χ1n) is 2.18. The van der Waals surface area contributed by atoms with E-state index >= 15 is 0 Å². The maximum Gasteiger partial charge on any atom is 0.0491 e. The van der Waals surface area contributed by atoms with E-state index in [9.17, 15) is 0 Å². The van der Waals surface area contributed by atoms with E-state index in [1.165, 1.54) is 0 Å². The monoisotopic (exact) mass is 97.1 g/mol. The van der Waals surface area contributed by atoms with Crippen molar-refractivity contribution in [2.45, 2.75) is 12.5 Å². The quantitative estimate of drug-likeness (QED) is 0.512. The molecule has 0 spiro atoms. The molecule has 0 radical (unpaired) electrons. The van der Waals surface area contributed by atoms with Gasteiger partial charge in [0.05, 0.1) is 0 Å². The molecular formula is C6H11N. The Kier molecular flexibility index (Phi) is 1.78. The van der Waals surface area contributed by atoms with E-state index in [-0.39, 0.29) is 5.54 Å². The van der Waals surface area contributed by atoms with Crippen molar-refractivity contribution in [3.63, 3.8) is 0 Å². The van der Waals surface area contributed by atoms with Crippen molar-refractivity contribution in [3.8, 4) is 0 Å². The van der Waals surface area contributed by atoms with Crippen LogP contribution in [0, 0.1) is 0 Å². The van der Waals surface area contributed by atoms with Gasteiger partial charge in [-0.2, -0.15) is 0 Å². The predicted octanol–water partition coefficient (Wildman–Crippen LogP) is 1.08. The Hall–Kier alpha value is -0.560. The van der Waals surface area contributed by atoms with Crippen molar-refractivity contribution in [1.29, 1.82) is 0 Å². The highest BCUT2D eigenvalue weighted by Crippen LogP contribution is 1.98. The molecule has 1 nitrogen and oxygen atoms in total. The Morgan fingerprint density at radius 3 is 1.71 bits per heavy atom. The molecule has 7 heavy (non-hydrogen) atoms. The normalized spacial score (nSPS) is 10.6. The molecule has 0 fully saturated rings. The lowest BCUT2D eigenvalue weighted by Crippen LogP contribution is -2.29. The van der Waals surface area contributed by atoms with Gasteiger partial charge >= 0.3 is 0 Å². The highest BCUT2D eigenvalue weighted by molar-refractivity contribution is 5.08. The minimum absolute atomic E-state index is 0.389. The van der Waals surface area contributed by atoms with E-state index in [1.54, 1.807) is 12.2 Å². The van der Waals surface area contributed by atoms with Gasteiger partial charge in [0.1, 0.15) is 0 Å². The first-order valence-corrected chi connectivity index (χ1v) is 2.18. The molecule has 0 aromatic rings. The van der Waals surface area contributed by atoms with Crippen molar-refractivity contribution in [2.75, 3.05) is 0 Å². The molecule has 0 bridgehead atoms. The summed E-state index contributed by atoms with van der Waals surface area (Å²) < 4.78 is 0. The molecule has 0 aliphatic rings. The summed E-state index contributed by atoms with van der Waals surface area (Å²) in [4.78, 5) is 0. The van der Waals surface area contributed by atoms with Crippen LogP contribution < -0.4 is 5.73 Å². The lowest BCUT2D eigenvalue weighted by atomic mass is 10.1. The highest BCUT2D eigenvalue weighted by atomic mass is 14.7. The fourth-order valence-electron chi connectivity index (χ4n) is 0.0833.